The average molecular weight is 613 g/mol. The van der Waals surface area contributed by atoms with Crippen LogP contribution in [0.15, 0.2) is 49.1 Å². The molecule has 0 atom stereocenters. The number of nitrogens with zero attached hydrogens (tertiary/aromatic N) is 4. The van der Waals surface area contributed by atoms with Crippen LogP contribution in [0.2, 0.25) is 0 Å². The molecule has 8 nitrogen and oxygen atoms in total. The first-order chi connectivity index (χ1) is 21.6. The van der Waals surface area contributed by atoms with Crippen LogP contribution in [-0.4, -0.2) is 45.4 Å². The number of fused-ring (bicyclic) bond motifs is 3. The Balaban J connectivity index is 1.25. The summed E-state index contributed by atoms with van der Waals surface area (Å²) in [6.45, 7) is 7.04. The number of aliphatic carboxylic acids is 1. The zero-order valence-corrected chi connectivity index (χ0v) is 27.3. The molecule has 1 amide bonds. The zero-order chi connectivity index (χ0) is 31.8. The van der Waals surface area contributed by atoms with Crippen molar-refractivity contribution in [1.82, 2.24) is 14.8 Å². The molecule has 45 heavy (non-hydrogen) atoms. The van der Waals surface area contributed by atoms with E-state index in [0.29, 0.717) is 6.54 Å². The van der Waals surface area contributed by atoms with Gasteiger partial charge in [0.15, 0.2) is 0 Å². The molecule has 2 bridgehead atoms. The van der Waals surface area contributed by atoms with E-state index >= 15 is 0 Å². The van der Waals surface area contributed by atoms with Gasteiger partial charge in [-0.05, 0) is 125 Å². The van der Waals surface area contributed by atoms with Crippen molar-refractivity contribution in [2.75, 3.05) is 18.6 Å². The third-order valence-corrected chi connectivity index (χ3v) is 11.3. The highest BCUT2D eigenvalue weighted by molar-refractivity contribution is 5.95. The fraction of sp³-hybridized carbons (Fsp3) is 0.568. The molecule has 2 heterocycles. The lowest BCUT2D eigenvalue weighted by Gasteiger charge is -2.55. The molecule has 1 aromatic carbocycles. The minimum absolute atomic E-state index is 0.0813. The number of aryl methyl sites for hydroxylation is 1. The molecular formula is C37H48N4O4. The second-order valence-electron chi connectivity index (χ2n) is 14.4. The molecule has 2 aromatic heterocycles. The van der Waals surface area contributed by atoms with Gasteiger partial charge in [0, 0.05) is 48.4 Å². The number of aromatic nitrogens is 3. The van der Waals surface area contributed by atoms with E-state index in [2.05, 4.69) is 60.0 Å². The highest BCUT2D eigenvalue weighted by Crippen LogP contribution is 2.58. The number of carbonyl (C=O) groups excluding carboxylic acids is 1. The molecule has 4 aliphatic carbocycles. The Bertz CT molecular complexity index is 1510. The second kappa shape index (κ2) is 12.6. The van der Waals surface area contributed by atoms with Crippen molar-refractivity contribution in [3.05, 3.63) is 60.2 Å². The van der Waals surface area contributed by atoms with Crippen LogP contribution in [0, 0.1) is 24.2 Å². The smallest absolute Gasteiger partial charge is 0.303 e. The lowest BCUT2D eigenvalue weighted by atomic mass is 9.51. The summed E-state index contributed by atoms with van der Waals surface area (Å²) in [4.78, 5) is 32.5. The number of pyridine rings is 1. The van der Waals surface area contributed by atoms with Crippen LogP contribution in [0.1, 0.15) is 102 Å². The van der Waals surface area contributed by atoms with Crippen molar-refractivity contribution < 1.29 is 19.4 Å². The van der Waals surface area contributed by atoms with E-state index in [9.17, 15) is 14.7 Å². The van der Waals surface area contributed by atoms with Crippen LogP contribution in [0.25, 0.3) is 11.1 Å². The highest BCUT2D eigenvalue weighted by Gasteiger charge is 2.50. The lowest BCUT2D eigenvalue weighted by molar-refractivity contribution is -0.138. The van der Waals surface area contributed by atoms with Crippen LogP contribution >= 0.6 is 0 Å². The summed E-state index contributed by atoms with van der Waals surface area (Å²) in [7, 11) is 1.73. The van der Waals surface area contributed by atoms with Crippen molar-refractivity contribution in [2.45, 2.75) is 103 Å². The summed E-state index contributed by atoms with van der Waals surface area (Å²) in [5, 5.41) is 13.8. The maximum absolute atomic E-state index is 14.4. The second-order valence-corrected chi connectivity index (χ2v) is 14.4. The summed E-state index contributed by atoms with van der Waals surface area (Å²) in [6, 6.07) is 9.07. The molecule has 8 heteroatoms. The van der Waals surface area contributed by atoms with Crippen LogP contribution in [0.3, 0.4) is 0 Å². The van der Waals surface area contributed by atoms with E-state index in [4.69, 9.17) is 4.74 Å². The molecule has 7 rings (SSSR count). The Hall–Kier alpha value is -3.68. The lowest BCUT2D eigenvalue weighted by Crippen LogP contribution is -2.51. The van der Waals surface area contributed by atoms with Crippen molar-refractivity contribution in [3.63, 3.8) is 0 Å². The highest BCUT2D eigenvalue weighted by atomic mass is 16.5. The molecular weight excluding hydrogens is 564 g/mol. The van der Waals surface area contributed by atoms with E-state index in [1.807, 2.05) is 29.5 Å². The number of anilines is 1. The number of carboxylic acid groups (broad SMARTS) is 1. The minimum atomic E-state index is -0.746. The Kier molecular flexibility index (Phi) is 8.77. The van der Waals surface area contributed by atoms with E-state index in [1.54, 1.807) is 7.11 Å². The summed E-state index contributed by atoms with van der Waals surface area (Å²) in [5.41, 5.74) is 5.71. The summed E-state index contributed by atoms with van der Waals surface area (Å²) < 4.78 is 7.48. The standard InChI is InChI=1S/C37H48N4O4/c1-25(2)41-23-30(21-39-41)29-19-32(22-38-20-29)40(35(44)28-7-5-27(6-8-28)18-34(42)43)24-36-11-14-37(15-12-36,16-13-36)31-9-10-33(45-4)26(3)17-31/h9-10,17,19-23,25,27-28H,5-8,11-16,18,24H2,1-4H3,(H,42,43)/t27-,28-,36?,37?. The van der Waals surface area contributed by atoms with Crippen molar-refractivity contribution in [2.24, 2.45) is 17.3 Å². The Morgan fingerprint density at radius 2 is 1.71 bits per heavy atom. The maximum atomic E-state index is 14.4. The number of methoxy groups -OCH3 is 1. The van der Waals surface area contributed by atoms with E-state index in [1.165, 1.54) is 11.1 Å². The zero-order valence-electron chi connectivity index (χ0n) is 27.3. The molecule has 4 fully saturated rings. The van der Waals surface area contributed by atoms with Crippen LogP contribution < -0.4 is 9.64 Å². The van der Waals surface area contributed by atoms with Gasteiger partial charge in [0.2, 0.25) is 5.91 Å². The molecule has 4 saturated carbocycles. The van der Waals surface area contributed by atoms with Gasteiger partial charge in [-0.25, -0.2) is 0 Å². The van der Waals surface area contributed by atoms with Gasteiger partial charge in [0.05, 0.1) is 25.2 Å². The van der Waals surface area contributed by atoms with Crippen molar-refractivity contribution in [1.29, 1.82) is 0 Å². The van der Waals surface area contributed by atoms with Gasteiger partial charge in [0.1, 0.15) is 5.75 Å². The SMILES string of the molecule is COc1ccc(C23CCC(CN(c4cncc(-c5cnn(C(C)C)c5)c4)C(=O)[C@H]4CC[C@H](CC(=O)O)CC4)(CC2)CC3)cc1C. The summed E-state index contributed by atoms with van der Waals surface area (Å²) >= 11 is 0. The van der Waals surface area contributed by atoms with Gasteiger partial charge >= 0.3 is 5.97 Å². The molecule has 0 spiro atoms. The number of amides is 1. The van der Waals surface area contributed by atoms with E-state index < -0.39 is 5.97 Å². The molecule has 1 N–H and O–H groups in total. The largest absolute Gasteiger partial charge is 0.496 e. The van der Waals surface area contributed by atoms with Gasteiger partial charge < -0.3 is 14.7 Å². The van der Waals surface area contributed by atoms with Crippen LogP contribution in [0.4, 0.5) is 5.69 Å². The summed E-state index contributed by atoms with van der Waals surface area (Å²) in [6.07, 6.45) is 17.6. The fourth-order valence-electron chi connectivity index (χ4n) is 8.36. The summed E-state index contributed by atoms with van der Waals surface area (Å²) in [5.74, 6) is 0.433. The molecule has 3 aromatic rings. The number of ether oxygens (including phenoxy) is 1. The van der Waals surface area contributed by atoms with Crippen molar-refractivity contribution >= 4 is 17.6 Å². The Morgan fingerprint density at radius 1 is 1.00 bits per heavy atom. The predicted octanol–water partition coefficient (Wildman–Crippen LogP) is 7.75. The normalized spacial score (nSPS) is 26.2. The number of benzene rings is 1. The predicted molar refractivity (Wildman–Crippen MR) is 175 cm³/mol. The topological polar surface area (TPSA) is 97.5 Å². The van der Waals surface area contributed by atoms with Gasteiger partial charge in [-0.15, -0.1) is 0 Å². The monoisotopic (exact) mass is 612 g/mol. The fourth-order valence-corrected chi connectivity index (χ4v) is 8.36. The number of carbonyl (C=O) groups is 2. The number of rotatable bonds is 10. The van der Waals surface area contributed by atoms with Gasteiger partial charge in [-0.2, -0.15) is 5.10 Å². The maximum Gasteiger partial charge on any atom is 0.303 e. The molecule has 0 aliphatic heterocycles. The minimum Gasteiger partial charge on any atom is -0.496 e. The molecule has 240 valence electrons. The quantitative estimate of drug-likeness (QED) is 0.251. The van der Waals surface area contributed by atoms with Gasteiger partial charge in [-0.3, -0.25) is 19.3 Å². The average Bonchev–Trinajstić information content (AvgIpc) is 3.56. The third kappa shape index (κ3) is 6.38. The number of hydrogen-bond acceptors (Lipinski definition) is 5. The first-order valence-corrected chi connectivity index (χ1v) is 16.8. The van der Waals surface area contributed by atoms with Crippen LogP contribution in [0.5, 0.6) is 5.75 Å². The first-order valence-electron chi connectivity index (χ1n) is 16.8. The number of carboxylic acids is 1. The van der Waals surface area contributed by atoms with Gasteiger partial charge in [-0.1, -0.05) is 12.1 Å². The Morgan fingerprint density at radius 3 is 2.31 bits per heavy atom. The van der Waals surface area contributed by atoms with E-state index in [0.717, 1.165) is 86.8 Å². The Labute approximate surface area is 267 Å². The molecule has 0 saturated heterocycles. The van der Waals surface area contributed by atoms with Crippen molar-refractivity contribution in [3.8, 4) is 16.9 Å². The molecule has 0 unspecified atom stereocenters. The number of hydrogen-bond donors (Lipinski definition) is 1. The first kappa shape index (κ1) is 31.3. The van der Waals surface area contributed by atoms with E-state index in [-0.39, 0.29) is 41.0 Å². The third-order valence-electron chi connectivity index (χ3n) is 11.3. The van der Waals surface area contributed by atoms with Gasteiger partial charge in [0.25, 0.3) is 0 Å². The molecule has 4 aliphatic rings. The molecule has 0 radical (unpaired) electrons. The van der Waals surface area contributed by atoms with Crippen LogP contribution in [-0.2, 0) is 15.0 Å².